The molecule has 2 aliphatic rings. The summed E-state index contributed by atoms with van der Waals surface area (Å²) in [7, 11) is 0. The fourth-order valence-corrected chi connectivity index (χ4v) is 7.34. The van der Waals surface area contributed by atoms with Crippen LogP contribution in [0.25, 0.3) is 28.2 Å². The van der Waals surface area contributed by atoms with E-state index < -0.39 is 60.0 Å². The molecule has 2 N–H and O–H groups in total. The monoisotopic (exact) mass is 782 g/mol. The molecule has 4 heterocycles. The average molecular weight is 783 g/mol. The van der Waals surface area contributed by atoms with Gasteiger partial charge in [-0.25, -0.2) is 15.0 Å². The predicted molar refractivity (Wildman–Crippen MR) is 193 cm³/mol. The summed E-state index contributed by atoms with van der Waals surface area (Å²) in [5, 5.41) is 3.59. The van der Waals surface area contributed by atoms with Crippen molar-refractivity contribution in [1.82, 2.24) is 29.0 Å². The fraction of sp³-hybridized carbons (Fsp3) is 0.368. The third kappa shape index (κ3) is 7.14. The number of halogens is 6. The zero-order valence-electron chi connectivity index (χ0n) is 29.9. The molecule has 3 aromatic heterocycles. The Labute approximate surface area is 317 Å². The van der Waals surface area contributed by atoms with E-state index >= 15 is 4.79 Å². The van der Waals surface area contributed by atoms with Crippen LogP contribution >= 0.6 is 11.6 Å². The topological polar surface area (TPSA) is 133 Å². The molecule has 0 spiro atoms. The number of carbonyl (C=O) groups is 2. The van der Waals surface area contributed by atoms with E-state index in [1.54, 1.807) is 18.3 Å². The van der Waals surface area contributed by atoms with Crippen LogP contribution in [-0.2, 0) is 19.9 Å². The van der Waals surface area contributed by atoms with Crippen LogP contribution in [0.5, 0.6) is 0 Å². The predicted octanol–water partition coefficient (Wildman–Crippen LogP) is 8.11. The Balaban J connectivity index is 1.27. The molecule has 55 heavy (non-hydrogen) atoms. The Morgan fingerprint density at radius 2 is 1.73 bits per heavy atom. The van der Waals surface area contributed by atoms with Gasteiger partial charge in [-0.3, -0.25) is 14.5 Å². The number of hydrogen-bond acceptors (Lipinski definition) is 8. The van der Waals surface area contributed by atoms with Gasteiger partial charge in [0.25, 0.3) is 5.91 Å². The molecule has 11 nitrogen and oxygen atoms in total. The highest BCUT2D eigenvalue weighted by Crippen LogP contribution is 2.60. The number of pyridine rings is 1. The minimum atomic E-state index is -4.60. The molecule has 0 bridgehead atoms. The highest BCUT2D eigenvalue weighted by molar-refractivity contribution is 6.33. The highest BCUT2D eigenvalue weighted by Gasteiger charge is 2.64. The van der Waals surface area contributed by atoms with E-state index in [4.69, 9.17) is 27.1 Å². The molecule has 0 saturated heterocycles. The number of rotatable bonds is 11. The summed E-state index contributed by atoms with van der Waals surface area (Å²) in [6, 6.07) is 14.1. The van der Waals surface area contributed by atoms with Crippen molar-refractivity contribution in [2.45, 2.75) is 70.8 Å². The molecule has 1 fully saturated rings. The van der Waals surface area contributed by atoms with Gasteiger partial charge in [-0.1, -0.05) is 62.7 Å². The van der Waals surface area contributed by atoms with Gasteiger partial charge in [0.1, 0.15) is 18.6 Å². The lowest BCUT2D eigenvalue weighted by molar-refractivity contribution is -0.195. The number of hydrogen-bond donors (Lipinski definition) is 1. The Bertz CT molecular complexity index is 2300. The zero-order chi connectivity index (χ0) is 39.5. The summed E-state index contributed by atoms with van der Waals surface area (Å²) in [4.78, 5) is 42.3. The number of fused-ring (bicyclic) bond motifs is 1. The van der Waals surface area contributed by atoms with Crippen molar-refractivity contribution in [3.05, 3.63) is 95.7 Å². The summed E-state index contributed by atoms with van der Waals surface area (Å²) in [5.41, 5.74) is 5.59. The molecular formula is C38H36ClF5N8O3. The number of benzene rings is 2. The zero-order valence-corrected chi connectivity index (χ0v) is 30.7. The number of aliphatic imine (C=N–C) groups is 1. The van der Waals surface area contributed by atoms with Gasteiger partial charge in [-0.05, 0) is 71.2 Å². The van der Waals surface area contributed by atoms with Crippen LogP contribution in [0, 0.1) is 10.8 Å². The maximum absolute atomic E-state index is 15.0. The van der Waals surface area contributed by atoms with Crippen LogP contribution in [0.15, 0.2) is 84.5 Å². The summed E-state index contributed by atoms with van der Waals surface area (Å²) >= 11 is 6.46. The van der Waals surface area contributed by atoms with Gasteiger partial charge in [-0.2, -0.15) is 31.7 Å². The smallest absolute Gasteiger partial charge is 0.395 e. The second kappa shape index (κ2) is 13.7. The Kier molecular flexibility index (Phi) is 9.46. The Morgan fingerprint density at radius 3 is 2.38 bits per heavy atom. The van der Waals surface area contributed by atoms with Gasteiger partial charge in [0.15, 0.2) is 17.3 Å². The quantitative estimate of drug-likeness (QED) is 0.106. The second-order valence-electron chi connectivity index (χ2n) is 15.1. The summed E-state index contributed by atoms with van der Waals surface area (Å²) in [5.74, 6) is -2.25. The molecule has 1 saturated carbocycles. The van der Waals surface area contributed by atoms with Gasteiger partial charge in [0.05, 0.1) is 22.9 Å². The highest BCUT2D eigenvalue weighted by atomic mass is 35.5. The van der Waals surface area contributed by atoms with Crippen molar-refractivity contribution in [2.75, 3.05) is 6.61 Å². The molecule has 17 heteroatoms. The first-order valence-corrected chi connectivity index (χ1v) is 17.7. The van der Waals surface area contributed by atoms with Crippen LogP contribution < -0.4 is 5.73 Å². The Hall–Kier alpha value is -5.38. The third-order valence-corrected chi connectivity index (χ3v) is 10.4. The molecule has 0 radical (unpaired) electrons. The van der Waals surface area contributed by atoms with Crippen LogP contribution in [0.4, 0.5) is 22.0 Å². The largest absolute Gasteiger partial charge is 0.463 e. The average Bonchev–Trinajstić information content (AvgIpc) is 3.42. The molecule has 1 aliphatic carbocycles. The minimum Gasteiger partial charge on any atom is -0.463 e. The molecular weight excluding hydrogens is 747 g/mol. The SMILES string of the molecule is CC(C)(C)C[C@]1(c2ccc(-c3ccn4ccnc4c3)cc2)N=C(N)N([C@H](COC(=O)CC2(C(F)(F)F)CC2)c2ccc(Cl)c(-c3ncnn3C(F)F)c2)C1=O. The van der Waals surface area contributed by atoms with E-state index in [1.165, 1.54) is 18.2 Å². The van der Waals surface area contributed by atoms with Gasteiger partial charge >= 0.3 is 18.7 Å². The number of alkyl halides is 5. The molecule has 2 aromatic carbocycles. The number of amides is 1. The van der Waals surface area contributed by atoms with E-state index in [0.29, 0.717) is 10.2 Å². The fourth-order valence-electron chi connectivity index (χ4n) is 7.14. The Morgan fingerprint density at radius 1 is 1.00 bits per heavy atom. The van der Waals surface area contributed by atoms with Crippen molar-refractivity contribution in [2.24, 2.45) is 21.6 Å². The number of carbonyl (C=O) groups excluding carboxylic acids is 2. The lowest BCUT2D eigenvalue weighted by Crippen LogP contribution is -2.47. The summed E-state index contributed by atoms with van der Waals surface area (Å²) < 4.78 is 76.7. The van der Waals surface area contributed by atoms with E-state index in [1.807, 2.05) is 61.8 Å². The first-order valence-electron chi connectivity index (χ1n) is 17.3. The standard InChI is InChI=1S/C38H36ClF5N8O3/c1-35(2,3)20-37(25-7-4-22(5-8-25)23-10-14-50-15-13-46-29(50)17-23)32(54)51(34(45)49-37)28(19-55-30(53)18-36(11-12-36)38(42,43)44)24-6-9-27(39)26(16-24)31-47-21-48-52(31)33(40)41/h4-10,13-17,21,28,33H,11-12,18-20H2,1-3H3,(H2,45,49)/t28-,37-/m1/s1. The number of esters is 1. The van der Waals surface area contributed by atoms with Crippen molar-refractivity contribution in [1.29, 1.82) is 0 Å². The lowest BCUT2D eigenvalue weighted by Gasteiger charge is -2.35. The number of aromatic nitrogens is 5. The van der Waals surface area contributed by atoms with Gasteiger partial charge in [-0.15, -0.1) is 0 Å². The summed E-state index contributed by atoms with van der Waals surface area (Å²) in [6.45, 7) is 2.09. The van der Waals surface area contributed by atoms with E-state index in [2.05, 4.69) is 15.1 Å². The number of nitrogens with two attached hydrogens (primary N) is 1. The molecule has 1 amide bonds. The first kappa shape index (κ1) is 37.9. The maximum Gasteiger partial charge on any atom is 0.395 e. The van der Waals surface area contributed by atoms with Crippen LogP contribution in [0.1, 0.15) is 70.2 Å². The molecule has 288 valence electrons. The van der Waals surface area contributed by atoms with Gasteiger partial charge in [0.2, 0.25) is 0 Å². The van der Waals surface area contributed by atoms with Crippen molar-refractivity contribution in [3.8, 4) is 22.5 Å². The normalized spacial score (nSPS) is 18.9. The first-order chi connectivity index (χ1) is 25.9. The van der Waals surface area contributed by atoms with Crippen LogP contribution in [-0.4, -0.2) is 59.7 Å². The number of imidazole rings is 1. The van der Waals surface area contributed by atoms with E-state index in [0.717, 1.165) is 28.0 Å². The third-order valence-electron chi connectivity index (χ3n) is 10.0. The molecule has 1 aliphatic heterocycles. The number of nitrogens with zero attached hydrogens (tertiary/aromatic N) is 7. The minimum absolute atomic E-state index is 0.00883. The summed E-state index contributed by atoms with van der Waals surface area (Å²) in [6.07, 6.45) is 0.584. The molecule has 0 unspecified atom stereocenters. The lowest BCUT2D eigenvalue weighted by atomic mass is 9.75. The van der Waals surface area contributed by atoms with Crippen molar-refractivity contribution in [3.63, 3.8) is 0 Å². The van der Waals surface area contributed by atoms with Crippen molar-refractivity contribution < 1.29 is 36.3 Å². The van der Waals surface area contributed by atoms with Crippen molar-refractivity contribution >= 4 is 35.1 Å². The number of guanidine groups is 1. The van der Waals surface area contributed by atoms with E-state index in [9.17, 15) is 26.7 Å². The van der Waals surface area contributed by atoms with Crippen LogP contribution in [0.3, 0.4) is 0 Å². The molecule has 7 rings (SSSR count). The van der Waals surface area contributed by atoms with Gasteiger partial charge < -0.3 is 14.9 Å². The second-order valence-corrected chi connectivity index (χ2v) is 15.5. The maximum atomic E-state index is 15.0. The number of ether oxygens (including phenoxy) is 1. The molecule has 2 atom stereocenters. The molecule has 5 aromatic rings. The van der Waals surface area contributed by atoms with Crippen LogP contribution in [0.2, 0.25) is 5.02 Å². The van der Waals surface area contributed by atoms with E-state index in [-0.39, 0.29) is 47.2 Å². The van der Waals surface area contributed by atoms with Gasteiger partial charge in [0, 0.05) is 24.2 Å².